The summed E-state index contributed by atoms with van der Waals surface area (Å²) in [5, 5.41) is 11.5. The van der Waals surface area contributed by atoms with Crippen molar-refractivity contribution in [3.63, 3.8) is 0 Å². The fraction of sp³-hybridized carbons (Fsp3) is 0.533. The van der Waals surface area contributed by atoms with Gasteiger partial charge in [0.05, 0.1) is 5.56 Å². The zero-order chi connectivity index (χ0) is 15.1. The number of hydrogen-bond acceptors (Lipinski definition) is 3. The molecule has 0 fully saturated rings. The molecule has 1 atom stereocenters. The van der Waals surface area contributed by atoms with Crippen LogP contribution in [-0.2, 0) is 6.54 Å². The van der Waals surface area contributed by atoms with E-state index in [0.717, 1.165) is 19.5 Å². The van der Waals surface area contributed by atoms with Gasteiger partial charge < -0.3 is 10.9 Å². The van der Waals surface area contributed by atoms with Gasteiger partial charge in [-0.1, -0.05) is 44.5 Å². The Hall–Kier alpha value is -1.62. The Morgan fingerprint density at radius 2 is 2.15 bits per heavy atom. The Kier molecular flexibility index (Phi) is 6.45. The topological polar surface area (TPSA) is 61.8 Å². The van der Waals surface area contributed by atoms with Crippen molar-refractivity contribution in [2.24, 2.45) is 16.8 Å². The lowest BCUT2D eigenvalue weighted by Gasteiger charge is -2.24. The summed E-state index contributed by atoms with van der Waals surface area (Å²) in [7, 11) is 0. The molecule has 0 amide bonds. The van der Waals surface area contributed by atoms with E-state index >= 15 is 0 Å². The minimum Gasteiger partial charge on any atom is -0.409 e. The number of nitrogens with two attached hydrogens (primary N) is 1. The highest BCUT2D eigenvalue weighted by Crippen LogP contribution is 2.16. The second kappa shape index (κ2) is 7.85. The van der Waals surface area contributed by atoms with E-state index in [0.29, 0.717) is 18.0 Å². The fourth-order valence-corrected chi connectivity index (χ4v) is 2.07. The van der Waals surface area contributed by atoms with Gasteiger partial charge in [-0.25, -0.2) is 4.39 Å². The van der Waals surface area contributed by atoms with Gasteiger partial charge in [-0.3, -0.25) is 4.90 Å². The number of rotatable bonds is 7. The fourth-order valence-electron chi connectivity index (χ4n) is 2.07. The van der Waals surface area contributed by atoms with E-state index < -0.39 is 5.82 Å². The Morgan fingerprint density at radius 1 is 1.45 bits per heavy atom. The maximum absolute atomic E-state index is 14.3. The third-order valence-corrected chi connectivity index (χ3v) is 3.57. The van der Waals surface area contributed by atoms with Crippen LogP contribution >= 0.6 is 0 Å². The zero-order valence-corrected chi connectivity index (χ0v) is 12.4. The zero-order valence-electron chi connectivity index (χ0n) is 12.4. The maximum Gasteiger partial charge on any atom is 0.173 e. The molecule has 0 heterocycles. The summed E-state index contributed by atoms with van der Waals surface area (Å²) in [6.45, 7) is 8.72. The van der Waals surface area contributed by atoms with Crippen LogP contribution in [0.4, 0.5) is 4.39 Å². The van der Waals surface area contributed by atoms with Gasteiger partial charge in [0.25, 0.3) is 0 Å². The van der Waals surface area contributed by atoms with Crippen LogP contribution in [0.5, 0.6) is 0 Å². The van der Waals surface area contributed by atoms with Crippen molar-refractivity contribution in [1.82, 2.24) is 4.90 Å². The van der Waals surface area contributed by atoms with E-state index in [-0.39, 0.29) is 11.4 Å². The smallest absolute Gasteiger partial charge is 0.173 e. The Morgan fingerprint density at radius 3 is 2.70 bits per heavy atom. The second-order valence-corrected chi connectivity index (χ2v) is 5.11. The molecule has 1 aromatic carbocycles. The van der Waals surface area contributed by atoms with E-state index in [1.54, 1.807) is 12.1 Å². The largest absolute Gasteiger partial charge is 0.409 e. The minimum atomic E-state index is -0.412. The van der Waals surface area contributed by atoms with Gasteiger partial charge in [0, 0.05) is 18.7 Å². The number of amidine groups is 1. The number of benzene rings is 1. The van der Waals surface area contributed by atoms with Gasteiger partial charge in [-0.05, 0) is 18.5 Å². The summed E-state index contributed by atoms with van der Waals surface area (Å²) in [5.41, 5.74) is 6.19. The van der Waals surface area contributed by atoms with Crippen molar-refractivity contribution in [1.29, 1.82) is 0 Å². The molecule has 3 N–H and O–H groups in total. The number of oxime groups is 1. The van der Waals surface area contributed by atoms with Gasteiger partial charge >= 0.3 is 0 Å². The van der Waals surface area contributed by atoms with E-state index in [9.17, 15) is 4.39 Å². The standard InChI is InChI=1S/C15H24FN3O/c1-4-11(3)9-19(5-2)10-12-7-6-8-13(14(12)16)15(17)18-20/h6-8,11,20H,4-5,9-10H2,1-3H3,(H2,17,18). The van der Waals surface area contributed by atoms with Gasteiger partial charge in [0.15, 0.2) is 5.84 Å². The third kappa shape index (κ3) is 4.20. The molecule has 0 saturated carbocycles. The first-order valence-corrected chi connectivity index (χ1v) is 7.01. The average Bonchev–Trinajstić information content (AvgIpc) is 2.47. The maximum atomic E-state index is 14.3. The van der Waals surface area contributed by atoms with Crippen molar-refractivity contribution < 1.29 is 9.60 Å². The Balaban J connectivity index is 2.91. The van der Waals surface area contributed by atoms with Gasteiger partial charge in [-0.15, -0.1) is 0 Å². The molecule has 0 radical (unpaired) electrons. The van der Waals surface area contributed by atoms with Crippen LogP contribution in [-0.4, -0.2) is 29.0 Å². The minimum absolute atomic E-state index is 0.143. The first kappa shape index (κ1) is 16.4. The summed E-state index contributed by atoms with van der Waals surface area (Å²) in [6, 6.07) is 4.98. The Bertz CT molecular complexity index is 462. The molecule has 112 valence electrons. The monoisotopic (exact) mass is 281 g/mol. The molecule has 5 heteroatoms. The second-order valence-electron chi connectivity index (χ2n) is 5.11. The lowest BCUT2D eigenvalue weighted by atomic mass is 10.1. The van der Waals surface area contributed by atoms with Crippen LogP contribution < -0.4 is 5.73 Å². The van der Waals surface area contributed by atoms with Crippen molar-refractivity contribution >= 4 is 5.84 Å². The lowest BCUT2D eigenvalue weighted by Crippen LogP contribution is -2.28. The first-order chi connectivity index (χ1) is 9.53. The molecule has 1 aromatic rings. The summed E-state index contributed by atoms with van der Waals surface area (Å²) in [4.78, 5) is 2.20. The molecule has 0 aliphatic heterocycles. The number of nitrogens with zero attached hydrogens (tertiary/aromatic N) is 2. The van der Waals surface area contributed by atoms with Crippen LogP contribution in [0.3, 0.4) is 0 Å². The SMILES string of the molecule is CCC(C)CN(CC)Cc1cccc(/C(N)=N/O)c1F. The molecule has 0 spiro atoms. The molecular weight excluding hydrogens is 257 g/mol. The van der Waals surface area contributed by atoms with Crippen LogP contribution in [0.25, 0.3) is 0 Å². The Labute approximate surface area is 120 Å². The van der Waals surface area contributed by atoms with Crippen molar-refractivity contribution in [2.75, 3.05) is 13.1 Å². The molecule has 1 unspecified atom stereocenters. The van der Waals surface area contributed by atoms with Crippen molar-refractivity contribution in [3.05, 3.63) is 35.1 Å². The number of hydrogen-bond donors (Lipinski definition) is 2. The predicted octanol–water partition coefficient (Wildman–Crippen LogP) is 2.79. The predicted molar refractivity (Wildman–Crippen MR) is 79.3 cm³/mol. The van der Waals surface area contributed by atoms with E-state index in [4.69, 9.17) is 10.9 Å². The summed E-state index contributed by atoms with van der Waals surface area (Å²) in [5.74, 6) is -0.0370. The highest BCUT2D eigenvalue weighted by atomic mass is 19.1. The molecule has 0 saturated heterocycles. The van der Waals surface area contributed by atoms with Crippen LogP contribution in [0.2, 0.25) is 0 Å². The highest BCUT2D eigenvalue weighted by molar-refractivity contribution is 5.97. The summed E-state index contributed by atoms with van der Waals surface area (Å²) < 4.78 is 14.3. The summed E-state index contributed by atoms with van der Waals surface area (Å²) in [6.07, 6.45) is 1.10. The molecule has 1 rings (SSSR count). The average molecular weight is 281 g/mol. The van der Waals surface area contributed by atoms with Crippen LogP contribution in [0.1, 0.15) is 38.3 Å². The van der Waals surface area contributed by atoms with Gasteiger partial charge in [0.1, 0.15) is 5.82 Å². The molecule has 0 aliphatic carbocycles. The first-order valence-electron chi connectivity index (χ1n) is 7.01. The molecule has 4 nitrogen and oxygen atoms in total. The van der Waals surface area contributed by atoms with E-state index in [1.807, 2.05) is 0 Å². The quantitative estimate of drug-likeness (QED) is 0.350. The normalized spacial score (nSPS) is 13.8. The van der Waals surface area contributed by atoms with Gasteiger partial charge in [0.2, 0.25) is 0 Å². The molecular formula is C15H24FN3O. The molecule has 0 bridgehead atoms. The van der Waals surface area contributed by atoms with Crippen molar-refractivity contribution in [3.8, 4) is 0 Å². The van der Waals surface area contributed by atoms with Gasteiger partial charge in [-0.2, -0.15) is 0 Å². The summed E-state index contributed by atoms with van der Waals surface area (Å²) >= 11 is 0. The number of halogens is 1. The molecule has 20 heavy (non-hydrogen) atoms. The van der Waals surface area contributed by atoms with Crippen molar-refractivity contribution in [2.45, 2.75) is 33.7 Å². The van der Waals surface area contributed by atoms with E-state index in [1.165, 1.54) is 6.07 Å². The van der Waals surface area contributed by atoms with E-state index in [2.05, 4.69) is 30.8 Å². The van der Waals surface area contributed by atoms with Crippen LogP contribution in [0, 0.1) is 11.7 Å². The molecule has 0 aromatic heterocycles. The lowest BCUT2D eigenvalue weighted by molar-refractivity contribution is 0.235. The third-order valence-electron chi connectivity index (χ3n) is 3.57. The van der Waals surface area contributed by atoms with Crippen LogP contribution in [0.15, 0.2) is 23.4 Å². The highest BCUT2D eigenvalue weighted by Gasteiger charge is 2.14. The molecule has 0 aliphatic rings.